The van der Waals surface area contributed by atoms with Gasteiger partial charge in [0.05, 0.1) is 0 Å². The van der Waals surface area contributed by atoms with E-state index in [4.69, 9.17) is 0 Å². The average molecular weight is 274 g/mol. The summed E-state index contributed by atoms with van der Waals surface area (Å²) in [4.78, 5) is 12.3. The van der Waals surface area contributed by atoms with Crippen LogP contribution in [-0.2, 0) is 4.79 Å². The van der Waals surface area contributed by atoms with Crippen molar-refractivity contribution in [2.75, 3.05) is 0 Å². The van der Waals surface area contributed by atoms with Gasteiger partial charge in [-0.25, -0.2) is 0 Å². The number of hydrogen-bond acceptors (Lipinski definition) is 1. The van der Waals surface area contributed by atoms with Gasteiger partial charge in [0, 0.05) is 11.8 Å². The summed E-state index contributed by atoms with van der Waals surface area (Å²) in [7, 11) is 0. The summed E-state index contributed by atoms with van der Waals surface area (Å²) in [6.07, 6.45) is 12.0. The third-order valence-corrected chi connectivity index (χ3v) is 7.93. The van der Waals surface area contributed by atoms with Crippen LogP contribution in [0, 0.1) is 40.9 Å². The van der Waals surface area contributed by atoms with Gasteiger partial charge in [-0.15, -0.1) is 0 Å². The number of ketones is 1. The predicted molar refractivity (Wildman–Crippen MR) is 81.3 cm³/mol. The van der Waals surface area contributed by atoms with Crippen LogP contribution in [0.4, 0.5) is 0 Å². The van der Waals surface area contributed by atoms with Crippen molar-refractivity contribution in [2.45, 2.75) is 71.6 Å². The van der Waals surface area contributed by atoms with Gasteiger partial charge in [-0.1, -0.05) is 20.3 Å². The number of carbonyl (C=O) groups is 1. The van der Waals surface area contributed by atoms with E-state index < -0.39 is 0 Å². The highest BCUT2D eigenvalue weighted by atomic mass is 16.1. The first-order valence-electron chi connectivity index (χ1n) is 9.13. The highest BCUT2D eigenvalue weighted by Gasteiger charge is 2.56. The van der Waals surface area contributed by atoms with Gasteiger partial charge in [-0.05, 0) is 80.5 Å². The van der Waals surface area contributed by atoms with Crippen LogP contribution >= 0.6 is 0 Å². The zero-order chi connectivity index (χ0) is 13.9. The number of carbonyl (C=O) groups excluding carboxylic acids is 1. The van der Waals surface area contributed by atoms with Crippen molar-refractivity contribution >= 4 is 5.78 Å². The van der Waals surface area contributed by atoms with E-state index in [-0.39, 0.29) is 5.41 Å². The molecule has 0 radical (unpaired) electrons. The maximum Gasteiger partial charge on any atom is 0.139 e. The van der Waals surface area contributed by atoms with Gasteiger partial charge in [-0.3, -0.25) is 4.79 Å². The molecule has 0 bridgehead atoms. The van der Waals surface area contributed by atoms with Gasteiger partial charge in [-0.2, -0.15) is 0 Å². The Kier molecular flexibility index (Phi) is 3.06. The van der Waals surface area contributed by atoms with Gasteiger partial charge in [0.25, 0.3) is 0 Å². The molecule has 0 spiro atoms. The smallest absolute Gasteiger partial charge is 0.139 e. The van der Waals surface area contributed by atoms with Crippen molar-refractivity contribution in [2.24, 2.45) is 40.9 Å². The minimum atomic E-state index is 0.0793. The summed E-state index contributed by atoms with van der Waals surface area (Å²) >= 11 is 0. The molecule has 112 valence electrons. The summed E-state index contributed by atoms with van der Waals surface area (Å²) < 4.78 is 0. The van der Waals surface area contributed by atoms with E-state index in [2.05, 4.69) is 13.8 Å². The van der Waals surface area contributed by atoms with Crippen LogP contribution in [0.5, 0.6) is 0 Å². The third-order valence-electron chi connectivity index (χ3n) is 7.93. The maximum atomic E-state index is 12.3. The molecule has 1 nitrogen and oxygen atoms in total. The highest BCUT2D eigenvalue weighted by Crippen LogP contribution is 2.61. The van der Waals surface area contributed by atoms with Crippen LogP contribution in [0.25, 0.3) is 0 Å². The normalized spacial score (nSPS) is 55.0. The summed E-state index contributed by atoms with van der Waals surface area (Å²) in [6.45, 7) is 4.76. The fourth-order valence-electron chi connectivity index (χ4n) is 6.86. The third kappa shape index (κ3) is 1.77. The lowest BCUT2D eigenvalue weighted by Gasteiger charge is -2.54. The molecule has 0 unspecified atom stereocenters. The quantitative estimate of drug-likeness (QED) is 0.617. The molecule has 4 saturated carbocycles. The fraction of sp³-hybridized carbons (Fsp3) is 0.947. The van der Waals surface area contributed by atoms with Gasteiger partial charge in [0.2, 0.25) is 0 Å². The van der Waals surface area contributed by atoms with Gasteiger partial charge < -0.3 is 0 Å². The number of hydrogen-bond donors (Lipinski definition) is 0. The molecule has 20 heavy (non-hydrogen) atoms. The second-order valence-corrected chi connectivity index (χ2v) is 8.77. The maximum absolute atomic E-state index is 12.3. The first-order chi connectivity index (χ1) is 9.59. The lowest BCUT2D eigenvalue weighted by Crippen LogP contribution is -2.48. The minimum Gasteiger partial charge on any atom is -0.299 e. The van der Waals surface area contributed by atoms with E-state index in [9.17, 15) is 4.79 Å². The molecule has 4 aliphatic carbocycles. The van der Waals surface area contributed by atoms with E-state index in [1.165, 1.54) is 51.4 Å². The number of fused-ring (bicyclic) bond motifs is 5. The minimum absolute atomic E-state index is 0.0793. The van der Waals surface area contributed by atoms with Crippen molar-refractivity contribution < 1.29 is 4.79 Å². The largest absolute Gasteiger partial charge is 0.299 e. The Morgan fingerprint density at radius 3 is 2.60 bits per heavy atom. The molecule has 4 fully saturated rings. The Labute approximate surface area is 123 Å². The molecule has 0 saturated heterocycles. The molecule has 4 aliphatic rings. The molecule has 0 heterocycles. The van der Waals surface area contributed by atoms with E-state index >= 15 is 0 Å². The van der Waals surface area contributed by atoms with Crippen LogP contribution in [0.3, 0.4) is 0 Å². The van der Waals surface area contributed by atoms with E-state index in [0.29, 0.717) is 5.78 Å². The van der Waals surface area contributed by atoms with E-state index in [0.717, 1.165) is 41.9 Å². The Balaban J connectivity index is 1.58. The summed E-state index contributed by atoms with van der Waals surface area (Å²) in [5.74, 6) is 6.23. The standard InChI is InChI=1S/C19H30O/c1-12-3-5-14-13(11-12)4-6-16-15(14)9-10-19(2)17(16)7-8-18(19)20/h12-17H,3-11H2,1-2H3/t12-,13-,14-,15+,16+,17-,19-/m0/s1. The van der Waals surface area contributed by atoms with Crippen LogP contribution in [0.1, 0.15) is 71.6 Å². The van der Waals surface area contributed by atoms with Crippen molar-refractivity contribution in [1.29, 1.82) is 0 Å². The molecule has 0 aromatic carbocycles. The fourth-order valence-corrected chi connectivity index (χ4v) is 6.86. The molecule has 0 aliphatic heterocycles. The Hall–Kier alpha value is -0.330. The summed E-state index contributed by atoms with van der Waals surface area (Å²) in [6, 6.07) is 0. The number of Topliss-reactive ketones (excluding diaryl/α,β-unsaturated/α-hetero) is 1. The highest BCUT2D eigenvalue weighted by molar-refractivity contribution is 5.87. The van der Waals surface area contributed by atoms with Crippen LogP contribution in [0.15, 0.2) is 0 Å². The van der Waals surface area contributed by atoms with Crippen LogP contribution < -0.4 is 0 Å². The molecule has 4 rings (SSSR count). The molecule has 0 aromatic rings. The molecule has 0 aromatic heterocycles. The lowest BCUT2D eigenvalue weighted by molar-refractivity contribution is -0.133. The predicted octanol–water partition coefficient (Wildman–Crippen LogP) is 4.84. The molecule has 1 heteroatoms. The van der Waals surface area contributed by atoms with E-state index in [1.54, 1.807) is 0 Å². The van der Waals surface area contributed by atoms with E-state index in [1.807, 2.05) is 0 Å². The molecule has 0 N–H and O–H groups in total. The molecular weight excluding hydrogens is 244 g/mol. The first kappa shape index (κ1) is 13.3. The SMILES string of the molecule is C[C@H]1CC[C@H]2[C@@H](CC[C@@H]3[C@@H]2CC[C@]2(C)C(=O)CC[C@@H]32)C1. The van der Waals surface area contributed by atoms with Crippen molar-refractivity contribution in [1.82, 2.24) is 0 Å². The molecule has 0 amide bonds. The zero-order valence-electron chi connectivity index (χ0n) is 13.2. The summed E-state index contributed by atoms with van der Waals surface area (Å²) in [5.41, 5.74) is 0.0793. The van der Waals surface area contributed by atoms with Crippen LogP contribution in [0.2, 0.25) is 0 Å². The van der Waals surface area contributed by atoms with Crippen molar-refractivity contribution in [3.05, 3.63) is 0 Å². The van der Waals surface area contributed by atoms with Gasteiger partial charge in [0.15, 0.2) is 0 Å². The monoisotopic (exact) mass is 274 g/mol. The Morgan fingerprint density at radius 2 is 1.75 bits per heavy atom. The average Bonchev–Trinajstić information content (AvgIpc) is 2.74. The number of rotatable bonds is 0. The van der Waals surface area contributed by atoms with Crippen molar-refractivity contribution in [3.63, 3.8) is 0 Å². The second kappa shape index (κ2) is 4.58. The van der Waals surface area contributed by atoms with Gasteiger partial charge in [0.1, 0.15) is 5.78 Å². The zero-order valence-corrected chi connectivity index (χ0v) is 13.2. The van der Waals surface area contributed by atoms with Gasteiger partial charge >= 0.3 is 0 Å². The lowest BCUT2D eigenvalue weighted by atomic mass is 9.50. The molecule has 7 atom stereocenters. The first-order valence-corrected chi connectivity index (χ1v) is 9.13. The second-order valence-electron chi connectivity index (χ2n) is 8.77. The Morgan fingerprint density at radius 1 is 0.950 bits per heavy atom. The van der Waals surface area contributed by atoms with Crippen LogP contribution in [-0.4, -0.2) is 5.78 Å². The van der Waals surface area contributed by atoms with Crippen molar-refractivity contribution in [3.8, 4) is 0 Å². The summed E-state index contributed by atoms with van der Waals surface area (Å²) in [5, 5.41) is 0. The topological polar surface area (TPSA) is 17.1 Å². The Bertz CT molecular complexity index is 414. The molecular formula is C19H30O.